The van der Waals surface area contributed by atoms with E-state index in [1.807, 2.05) is 31.2 Å². The highest BCUT2D eigenvalue weighted by Crippen LogP contribution is 2.52. The van der Waals surface area contributed by atoms with E-state index < -0.39 is 41.4 Å². The summed E-state index contributed by atoms with van der Waals surface area (Å²) in [6.07, 6.45) is -0.373. The van der Waals surface area contributed by atoms with Crippen LogP contribution in [-0.4, -0.2) is 83.5 Å². The molecule has 1 amide bonds. The van der Waals surface area contributed by atoms with Crippen molar-refractivity contribution in [1.82, 2.24) is 9.80 Å². The van der Waals surface area contributed by atoms with Crippen molar-refractivity contribution in [3.63, 3.8) is 0 Å². The minimum atomic E-state index is -1.86. The van der Waals surface area contributed by atoms with Gasteiger partial charge in [-0.05, 0) is 70.7 Å². The van der Waals surface area contributed by atoms with Gasteiger partial charge in [0.25, 0.3) is 0 Å². The summed E-state index contributed by atoms with van der Waals surface area (Å²) in [4.78, 5) is 54.3. The summed E-state index contributed by atoms with van der Waals surface area (Å²) in [7, 11) is 2.72. The van der Waals surface area contributed by atoms with Gasteiger partial charge in [-0.1, -0.05) is 53.5 Å². The SMILES string of the molecule is CCN(CCOCc1ccccc1CCC1=C(C(=O)O)C(C)(c2c(Cl)cccc2Cl)C(C(=O)O)=C(CC(=O)OC)N1C)C(=O)OC(C)(C)C. The van der Waals surface area contributed by atoms with Crippen LogP contribution >= 0.6 is 23.2 Å². The number of carboxylic acids is 2. The number of amides is 1. The number of hydrogen-bond acceptors (Lipinski definition) is 8. The number of halogens is 2. The topological polar surface area (TPSA) is 143 Å². The standard InChI is InChI=1S/C36H44Cl2N2O9/c1-8-40(34(46)49-35(2,3)4)18-19-48-21-23-13-10-9-12-22(23)16-17-26-30(32(42)43)36(5,29-24(37)14-11-15-25(29)38)31(33(44)45)27(39(26)6)20-28(41)47-7/h9-15H,8,16-21H2,1-7H3,(H,42,43)(H,44,45). The number of hydrogen-bond donors (Lipinski definition) is 2. The van der Waals surface area contributed by atoms with Crippen molar-refractivity contribution in [3.8, 4) is 0 Å². The van der Waals surface area contributed by atoms with Crippen LogP contribution in [0.2, 0.25) is 10.0 Å². The van der Waals surface area contributed by atoms with Gasteiger partial charge in [0.2, 0.25) is 0 Å². The number of esters is 1. The van der Waals surface area contributed by atoms with Crippen LogP contribution in [-0.2, 0) is 47.0 Å². The Morgan fingerprint density at radius 3 is 2.00 bits per heavy atom. The average molecular weight is 720 g/mol. The second-order valence-corrected chi connectivity index (χ2v) is 13.5. The summed E-state index contributed by atoms with van der Waals surface area (Å²) in [6.45, 7) is 10.0. The summed E-state index contributed by atoms with van der Waals surface area (Å²) in [5.74, 6) is -3.50. The predicted octanol–water partition coefficient (Wildman–Crippen LogP) is 6.84. The summed E-state index contributed by atoms with van der Waals surface area (Å²) < 4.78 is 16.3. The van der Waals surface area contributed by atoms with Gasteiger partial charge in [0, 0.05) is 47.1 Å². The minimum absolute atomic E-state index is 0.0555. The van der Waals surface area contributed by atoms with E-state index in [4.69, 9.17) is 37.4 Å². The smallest absolute Gasteiger partial charge is 0.410 e. The van der Waals surface area contributed by atoms with Gasteiger partial charge in [-0.25, -0.2) is 14.4 Å². The largest absolute Gasteiger partial charge is 0.478 e. The van der Waals surface area contributed by atoms with Gasteiger partial charge in [-0.15, -0.1) is 0 Å². The molecule has 0 spiro atoms. The molecule has 11 nitrogen and oxygen atoms in total. The molecule has 1 atom stereocenters. The lowest BCUT2D eigenvalue weighted by Crippen LogP contribution is -2.45. The Morgan fingerprint density at radius 1 is 0.898 bits per heavy atom. The molecule has 2 N–H and O–H groups in total. The van der Waals surface area contributed by atoms with Crippen LogP contribution in [0.25, 0.3) is 0 Å². The first-order valence-corrected chi connectivity index (χ1v) is 16.5. The Balaban J connectivity index is 2.01. The van der Waals surface area contributed by atoms with Crippen molar-refractivity contribution in [2.45, 2.75) is 71.5 Å². The van der Waals surface area contributed by atoms with Crippen LogP contribution in [0, 0.1) is 0 Å². The highest BCUT2D eigenvalue weighted by atomic mass is 35.5. The summed E-state index contributed by atoms with van der Waals surface area (Å²) in [5, 5.41) is 21.5. The lowest BCUT2D eigenvalue weighted by Gasteiger charge is -2.43. The maximum atomic E-state index is 13.2. The molecule has 2 aromatic rings. The second-order valence-electron chi connectivity index (χ2n) is 12.7. The zero-order chi connectivity index (χ0) is 36.7. The Kier molecular flexibility index (Phi) is 13.3. The van der Waals surface area contributed by atoms with E-state index in [2.05, 4.69) is 0 Å². The molecule has 1 heterocycles. The molecule has 1 unspecified atom stereocenters. The molecule has 0 bridgehead atoms. The van der Waals surface area contributed by atoms with Crippen LogP contribution in [0.4, 0.5) is 4.79 Å². The van der Waals surface area contributed by atoms with E-state index in [1.165, 1.54) is 38.1 Å². The number of carboxylic acid groups (broad SMARTS) is 2. The van der Waals surface area contributed by atoms with Crippen molar-refractivity contribution in [3.05, 3.63) is 91.7 Å². The number of ether oxygens (including phenoxy) is 3. The Bertz CT molecular complexity index is 1630. The lowest BCUT2D eigenvalue weighted by atomic mass is 9.66. The molecule has 0 fully saturated rings. The van der Waals surface area contributed by atoms with Gasteiger partial charge in [0.05, 0.1) is 43.3 Å². The van der Waals surface area contributed by atoms with Crippen LogP contribution in [0.3, 0.4) is 0 Å². The Hall–Kier alpha value is -4.06. The molecule has 0 aromatic heterocycles. The third-order valence-corrected chi connectivity index (χ3v) is 8.99. The molecule has 49 heavy (non-hydrogen) atoms. The van der Waals surface area contributed by atoms with Crippen molar-refractivity contribution < 1.29 is 43.6 Å². The zero-order valence-corrected chi connectivity index (χ0v) is 30.4. The number of aliphatic carboxylic acids is 2. The van der Waals surface area contributed by atoms with Gasteiger partial charge in [-0.3, -0.25) is 4.79 Å². The minimum Gasteiger partial charge on any atom is -0.478 e. The molecule has 13 heteroatoms. The predicted molar refractivity (Wildman–Crippen MR) is 185 cm³/mol. The number of allylic oxidation sites excluding steroid dienone is 1. The molecule has 0 saturated heterocycles. The van der Waals surface area contributed by atoms with Crippen molar-refractivity contribution in [2.24, 2.45) is 0 Å². The number of rotatable bonds is 14. The Morgan fingerprint density at radius 2 is 1.47 bits per heavy atom. The zero-order valence-electron chi connectivity index (χ0n) is 28.9. The van der Waals surface area contributed by atoms with Gasteiger partial charge >= 0.3 is 24.0 Å². The average Bonchev–Trinajstić information content (AvgIpc) is 3.00. The molecule has 1 aliphatic rings. The molecule has 0 radical (unpaired) electrons. The van der Waals surface area contributed by atoms with E-state index >= 15 is 0 Å². The number of likely N-dealkylation sites (N-methyl/N-ethyl adjacent to an activating group) is 1. The third-order valence-electron chi connectivity index (χ3n) is 8.36. The lowest BCUT2D eigenvalue weighted by molar-refractivity contribution is -0.140. The third kappa shape index (κ3) is 9.14. The fourth-order valence-electron chi connectivity index (χ4n) is 6.07. The van der Waals surface area contributed by atoms with E-state index in [9.17, 15) is 29.4 Å². The van der Waals surface area contributed by atoms with Crippen molar-refractivity contribution >= 4 is 47.2 Å². The maximum Gasteiger partial charge on any atom is 0.410 e. The van der Waals surface area contributed by atoms with E-state index in [0.29, 0.717) is 19.5 Å². The number of nitrogens with zero attached hydrogens (tertiary/aromatic N) is 2. The van der Waals surface area contributed by atoms with Crippen LogP contribution in [0.5, 0.6) is 0 Å². The van der Waals surface area contributed by atoms with Gasteiger partial charge in [0.1, 0.15) is 5.60 Å². The van der Waals surface area contributed by atoms with E-state index in [0.717, 1.165) is 11.1 Å². The molecule has 0 aliphatic carbocycles. The fourth-order valence-corrected chi connectivity index (χ4v) is 6.84. The summed E-state index contributed by atoms with van der Waals surface area (Å²) in [5.41, 5.74) is -0.900. The monoisotopic (exact) mass is 718 g/mol. The highest BCUT2D eigenvalue weighted by Gasteiger charge is 2.51. The first-order valence-electron chi connectivity index (χ1n) is 15.8. The first kappa shape index (κ1) is 39.4. The van der Waals surface area contributed by atoms with Gasteiger partial charge in [0.15, 0.2) is 0 Å². The fraction of sp³-hybridized carbons (Fsp3) is 0.444. The van der Waals surface area contributed by atoms with Gasteiger partial charge < -0.3 is 34.2 Å². The Labute approximate surface area is 297 Å². The van der Waals surface area contributed by atoms with E-state index in [-0.39, 0.29) is 57.8 Å². The number of methoxy groups -OCH3 is 1. The normalized spacial score (nSPS) is 16.5. The molecule has 1 aliphatic heterocycles. The molecular weight excluding hydrogens is 675 g/mol. The van der Waals surface area contributed by atoms with Crippen LogP contribution < -0.4 is 0 Å². The summed E-state index contributed by atoms with van der Waals surface area (Å²) >= 11 is 13.2. The van der Waals surface area contributed by atoms with Gasteiger partial charge in [-0.2, -0.15) is 0 Å². The second kappa shape index (κ2) is 16.6. The number of benzene rings is 2. The first-order chi connectivity index (χ1) is 23.0. The van der Waals surface area contributed by atoms with Crippen LogP contribution in [0.1, 0.15) is 64.2 Å². The summed E-state index contributed by atoms with van der Waals surface area (Å²) in [6, 6.07) is 12.1. The molecule has 0 saturated carbocycles. The van der Waals surface area contributed by atoms with Crippen molar-refractivity contribution in [2.75, 3.05) is 33.9 Å². The highest BCUT2D eigenvalue weighted by molar-refractivity contribution is 6.36. The van der Waals surface area contributed by atoms with Crippen LogP contribution in [0.15, 0.2) is 65.0 Å². The molecular formula is C36H44Cl2N2O9. The van der Waals surface area contributed by atoms with Crippen molar-refractivity contribution in [1.29, 1.82) is 0 Å². The number of carbonyl (C=O) groups excluding carboxylic acids is 2. The maximum absolute atomic E-state index is 13.2. The van der Waals surface area contributed by atoms with E-state index in [1.54, 1.807) is 31.7 Å². The molecule has 2 aromatic carbocycles. The molecule has 3 rings (SSSR count). The number of carbonyl (C=O) groups is 4. The molecule has 266 valence electrons. The number of aryl methyl sites for hydroxylation is 1. The quantitative estimate of drug-likeness (QED) is 0.157.